The fourth-order valence-electron chi connectivity index (χ4n) is 2.19. The quantitative estimate of drug-likeness (QED) is 0.827. The monoisotopic (exact) mass is 330 g/mol. The minimum Gasteiger partial charge on any atom is -0.465 e. The van der Waals surface area contributed by atoms with Crippen LogP contribution in [0.3, 0.4) is 0 Å². The van der Waals surface area contributed by atoms with Gasteiger partial charge < -0.3 is 15.4 Å². The van der Waals surface area contributed by atoms with E-state index in [1.165, 1.54) is 19.2 Å². The molecule has 2 aromatic rings. The lowest BCUT2D eigenvalue weighted by atomic mass is 10.1. The summed E-state index contributed by atoms with van der Waals surface area (Å²) in [5, 5.41) is 5.46. The zero-order valence-electron chi connectivity index (χ0n) is 13.6. The van der Waals surface area contributed by atoms with Crippen LogP contribution in [0.15, 0.2) is 42.5 Å². The Kier molecular flexibility index (Phi) is 5.89. The molecule has 0 fully saturated rings. The summed E-state index contributed by atoms with van der Waals surface area (Å²) in [6, 6.07) is 10.7. The number of urea groups is 1. The Labute approximate surface area is 139 Å². The van der Waals surface area contributed by atoms with Crippen LogP contribution in [0, 0.1) is 12.7 Å². The molecule has 0 aromatic heterocycles. The summed E-state index contributed by atoms with van der Waals surface area (Å²) < 4.78 is 17.5. The van der Waals surface area contributed by atoms with Gasteiger partial charge in [0.1, 0.15) is 5.82 Å². The van der Waals surface area contributed by atoms with Crippen molar-refractivity contribution in [3.05, 3.63) is 65.0 Å². The van der Waals surface area contributed by atoms with Crippen molar-refractivity contribution in [1.82, 2.24) is 5.32 Å². The first-order valence-corrected chi connectivity index (χ1v) is 7.48. The van der Waals surface area contributed by atoms with E-state index in [9.17, 15) is 14.0 Å². The van der Waals surface area contributed by atoms with Gasteiger partial charge in [-0.3, -0.25) is 0 Å². The fraction of sp³-hybridized carbons (Fsp3) is 0.222. The molecular weight excluding hydrogens is 311 g/mol. The number of esters is 1. The summed E-state index contributed by atoms with van der Waals surface area (Å²) in [7, 11) is 1.32. The number of hydrogen-bond donors (Lipinski definition) is 2. The minimum atomic E-state index is -0.423. The van der Waals surface area contributed by atoms with Crippen molar-refractivity contribution >= 4 is 17.7 Å². The van der Waals surface area contributed by atoms with Crippen molar-refractivity contribution in [1.29, 1.82) is 0 Å². The molecule has 2 rings (SSSR count). The van der Waals surface area contributed by atoms with Crippen LogP contribution in [-0.4, -0.2) is 25.7 Å². The topological polar surface area (TPSA) is 67.4 Å². The number of halogens is 1. The van der Waals surface area contributed by atoms with Gasteiger partial charge in [-0.25, -0.2) is 14.0 Å². The summed E-state index contributed by atoms with van der Waals surface area (Å²) in [5.74, 6) is -0.705. The van der Waals surface area contributed by atoms with Crippen LogP contribution in [-0.2, 0) is 11.2 Å². The first kappa shape index (κ1) is 17.5. The molecule has 2 N–H and O–H groups in total. The van der Waals surface area contributed by atoms with Gasteiger partial charge in [0.2, 0.25) is 0 Å². The van der Waals surface area contributed by atoms with Crippen LogP contribution >= 0.6 is 0 Å². The van der Waals surface area contributed by atoms with E-state index >= 15 is 0 Å². The minimum absolute atomic E-state index is 0.282. The number of nitrogens with one attached hydrogen (secondary N) is 2. The fourth-order valence-corrected chi connectivity index (χ4v) is 2.19. The molecule has 0 spiro atoms. The zero-order chi connectivity index (χ0) is 17.5. The van der Waals surface area contributed by atoms with Crippen molar-refractivity contribution in [2.24, 2.45) is 0 Å². The largest absolute Gasteiger partial charge is 0.465 e. The lowest BCUT2D eigenvalue weighted by Gasteiger charge is -2.11. The van der Waals surface area contributed by atoms with E-state index in [-0.39, 0.29) is 11.8 Å². The SMILES string of the molecule is COC(=O)c1ccc(NC(=O)NCCc2ccc(F)cc2)c(C)c1. The van der Waals surface area contributed by atoms with Gasteiger partial charge in [0.25, 0.3) is 0 Å². The first-order chi connectivity index (χ1) is 11.5. The number of hydrogen-bond acceptors (Lipinski definition) is 3. The predicted octanol–water partition coefficient (Wildman–Crippen LogP) is 3.28. The number of anilines is 1. The summed E-state index contributed by atoms with van der Waals surface area (Å²) in [5.41, 5.74) is 2.74. The maximum atomic E-state index is 12.8. The van der Waals surface area contributed by atoms with Crippen LogP contribution < -0.4 is 10.6 Å². The van der Waals surface area contributed by atoms with E-state index in [0.29, 0.717) is 24.2 Å². The lowest BCUT2D eigenvalue weighted by Crippen LogP contribution is -2.30. The Morgan fingerprint density at radius 2 is 1.83 bits per heavy atom. The highest BCUT2D eigenvalue weighted by molar-refractivity contribution is 5.93. The maximum Gasteiger partial charge on any atom is 0.337 e. The second-order valence-electron chi connectivity index (χ2n) is 5.28. The molecule has 2 aromatic carbocycles. The molecule has 0 saturated carbocycles. The van der Waals surface area contributed by atoms with Gasteiger partial charge in [0.15, 0.2) is 0 Å². The normalized spacial score (nSPS) is 10.1. The van der Waals surface area contributed by atoms with Crippen LogP contribution in [0.4, 0.5) is 14.9 Å². The third kappa shape index (κ3) is 4.81. The van der Waals surface area contributed by atoms with Gasteiger partial charge >= 0.3 is 12.0 Å². The number of carbonyl (C=O) groups excluding carboxylic acids is 2. The number of carbonyl (C=O) groups is 2. The number of aryl methyl sites for hydroxylation is 1. The van der Waals surface area contributed by atoms with Gasteiger partial charge in [0, 0.05) is 12.2 Å². The molecule has 126 valence electrons. The van der Waals surface area contributed by atoms with E-state index < -0.39 is 5.97 Å². The van der Waals surface area contributed by atoms with Gasteiger partial charge in [-0.1, -0.05) is 12.1 Å². The zero-order valence-corrected chi connectivity index (χ0v) is 13.6. The standard InChI is InChI=1S/C18H19FN2O3/c1-12-11-14(17(22)24-2)5-8-16(12)21-18(23)20-10-9-13-3-6-15(19)7-4-13/h3-8,11H,9-10H2,1-2H3,(H2,20,21,23). The van der Waals surface area contributed by atoms with Crippen molar-refractivity contribution in [3.8, 4) is 0 Å². The summed E-state index contributed by atoms with van der Waals surface area (Å²) in [6.07, 6.45) is 0.605. The number of amides is 2. The van der Waals surface area contributed by atoms with Gasteiger partial charge in [-0.15, -0.1) is 0 Å². The van der Waals surface area contributed by atoms with Crippen LogP contribution in [0.25, 0.3) is 0 Å². The average molecular weight is 330 g/mol. The molecular formula is C18H19FN2O3. The number of rotatable bonds is 5. The Hall–Kier alpha value is -2.89. The van der Waals surface area contributed by atoms with Crippen molar-refractivity contribution in [2.75, 3.05) is 19.0 Å². The smallest absolute Gasteiger partial charge is 0.337 e. The van der Waals surface area contributed by atoms with Gasteiger partial charge in [0.05, 0.1) is 12.7 Å². The maximum absolute atomic E-state index is 12.8. The van der Waals surface area contributed by atoms with Crippen molar-refractivity contribution in [3.63, 3.8) is 0 Å². The highest BCUT2D eigenvalue weighted by Crippen LogP contribution is 2.17. The molecule has 0 aliphatic heterocycles. The molecule has 0 bridgehead atoms. The molecule has 0 atom stereocenters. The molecule has 0 radical (unpaired) electrons. The summed E-state index contributed by atoms with van der Waals surface area (Å²) in [6.45, 7) is 2.22. The van der Waals surface area contributed by atoms with E-state index in [2.05, 4.69) is 15.4 Å². The Balaban J connectivity index is 1.85. The summed E-state index contributed by atoms with van der Waals surface area (Å²) >= 11 is 0. The Morgan fingerprint density at radius 3 is 2.46 bits per heavy atom. The Bertz CT molecular complexity index is 730. The number of ether oxygens (including phenoxy) is 1. The average Bonchev–Trinajstić information content (AvgIpc) is 2.57. The molecule has 0 heterocycles. The third-order valence-corrected chi connectivity index (χ3v) is 3.51. The van der Waals surface area contributed by atoms with Crippen LogP contribution in [0.5, 0.6) is 0 Å². The van der Waals surface area contributed by atoms with Crippen molar-refractivity contribution in [2.45, 2.75) is 13.3 Å². The molecule has 0 saturated heterocycles. The molecule has 0 unspecified atom stereocenters. The van der Waals surface area contributed by atoms with E-state index in [1.807, 2.05) is 0 Å². The third-order valence-electron chi connectivity index (χ3n) is 3.51. The molecule has 24 heavy (non-hydrogen) atoms. The summed E-state index contributed by atoms with van der Waals surface area (Å²) in [4.78, 5) is 23.4. The molecule has 2 amide bonds. The molecule has 6 heteroatoms. The van der Waals surface area contributed by atoms with E-state index in [4.69, 9.17) is 0 Å². The number of benzene rings is 2. The second-order valence-corrected chi connectivity index (χ2v) is 5.28. The van der Waals surface area contributed by atoms with Gasteiger partial charge in [-0.05, 0) is 54.8 Å². The van der Waals surface area contributed by atoms with E-state index in [0.717, 1.165) is 11.1 Å². The molecule has 0 aliphatic rings. The molecule has 0 aliphatic carbocycles. The highest BCUT2D eigenvalue weighted by Gasteiger charge is 2.09. The van der Waals surface area contributed by atoms with Crippen molar-refractivity contribution < 1.29 is 18.7 Å². The lowest BCUT2D eigenvalue weighted by molar-refractivity contribution is 0.0600. The van der Waals surface area contributed by atoms with Crippen LogP contribution in [0.1, 0.15) is 21.5 Å². The first-order valence-electron chi connectivity index (χ1n) is 7.48. The van der Waals surface area contributed by atoms with Gasteiger partial charge in [-0.2, -0.15) is 0 Å². The predicted molar refractivity (Wildman–Crippen MR) is 89.6 cm³/mol. The van der Waals surface area contributed by atoms with E-state index in [1.54, 1.807) is 37.3 Å². The Morgan fingerprint density at radius 1 is 1.12 bits per heavy atom. The molecule has 5 nitrogen and oxygen atoms in total. The van der Waals surface area contributed by atoms with Crippen LogP contribution in [0.2, 0.25) is 0 Å². The highest BCUT2D eigenvalue weighted by atomic mass is 19.1. The number of methoxy groups -OCH3 is 1. The second kappa shape index (κ2) is 8.10.